The largest absolute Gasteiger partial charge is 0.491 e. The summed E-state index contributed by atoms with van der Waals surface area (Å²) in [5.74, 6) is 0.825. The van der Waals surface area contributed by atoms with Gasteiger partial charge < -0.3 is 10.1 Å². The number of rotatable bonds is 8. The number of ether oxygens (including phenoxy) is 1. The van der Waals surface area contributed by atoms with Crippen molar-refractivity contribution in [2.45, 2.75) is 45.8 Å². The van der Waals surface area contributed by atoms with Crippen molar-refractivity contribution in [1.82, 2.24) is 9.38 Å². The van der Waals surface area contributed by atoms with Crippen LogP contribution in [-0.4, -0.2) is 26.5 Å². The number of aromatic nitrogens is 2. The second kappa shape index (κ2) is 8.72. The molecular formula is C21H24N4O4. The van der Waals surface area contributed by atoms with Crippen molar-refractivity contribution in [3.63, 3.8) is 0 Å². The smallest absolute Gasteiger partial charge is 0.376 e. The average molecular weight is 396 g/mol. The monoisotopic (exact) mass is 396 g/mol. The van der Waals surface area contributed by atoms with Crippen LogP contribution in [0.5, 0.6) is 5.75 Å². The standard InChI is InChI=1S/C21H24N4O4/c1-14(2)29-17-11-9-16(10-12-17)8-7-15(3)22-20-19(25(27)28)21(26)24-13-5-4-6-18(24)23-20/h4-6,9-15,22H,7-8H2,1-3H3. The van der Waals surface area contributed by atoms with Gasteiger partial charge in [-0.15, -0.1) is 0 Å². The van der Waals surface area contributed by atoms with Crippen LogP contribution in [0.4, 0.5) is 11.5 Å². The lowest BCUT2D eigenvalue weighted by Gasteiger charge is -2.15. The molecule has 1 atom stereocenters. The molecule has 0 aliphatic heterocycles. The lowest BCUT2D eigenvalue weighted by Crippen LogP contribution is -2.24. The third-order valence-electron chi connectivity index (χ3n) is 4.44. The number of fused-ring (bicyclic) bond motifs is 1. The Morgan fingerprint density at radius 3 is 2.55 bits per heavy atom. The molecule has 0 saturated heterocycles. The number of hydrogen-bond acceptors (Lipinski definition) is 6. The maximum Gasteiger partial charge on any atom is 0.376 e. The van der Waals surface area contributed by atoms with Crippen LogP contribution in [0.3, 0.4) is 0 Å². The third-order valence-corrected chi connectivity index (χ3v) is 4.44. The van der Waals surface area contributed by atoms with E-state index in [-0.39, 0.29) is 18.0 Å². The molecule has 2 heterocycles. The van der Waals surface area contributed by atoms with E-state index in [1.165, 1.54) is 10.6 Å². The number of hydrogen-bond donors (Lipinski definition) is 1. The van der Waals surface area contributed by atoms with Crippen molar-refractivity contribution in [2.24, 2.45) is 0 Å². The fourth-order valence-corrected chi connectivity index (χ4v) is 3.04. The lowest BCUT2D eigenvalue weighted by molar-refractivity contribution is -0.385. The molecule has 3 rings (SSSR count). The summed E-state index contributed by atoms with van der Waals surface area (Å²) < 4.78 is 6.82. The van der Waals surface area contributed by atoms with Crippen molar-refractivity contribution in [3.8, 4) is 5.75 Å². The molecule has 0 radical (unpaired) electrons. The number of nitro groups is 1. The molecule has 0 aliphatic rings. The first kappa shape index (κ1) is 20.3. The topological polar surface area (TPSA) is 98.8 Å². The molecule has 1 N–H and O–H groups in total. The molecule has 0 amide bonds. The highest BCUT2D eigenvalue weighted by Crippen LogP contribution is 2.21. The normalized spacial score (nSPS) is 12.1. The van der Waals surface area contributed by atoms with Crippen LogP contribution >= 0.6 is 0 Å². The van der Waals surface area contributed by atoms with E-state index in [9.17, 15) is 14.9 Å². The van der Waals surface area contributed by atoms with Gasteiger partial charge in [-0.3, -0.25) is 19.3 Å². The van der Waals surface area contributed by atoms with Crippen molar-refractivity contribution >= 4 is 17.2 Å². The van der Waals surface area contributed by atoms with Gasteiger partial charge in [-0.2, -0.15) is 0 Å². The first-order valence-corrected chi connectivity index (χ1v) is 9.53. The summed E-state index contributed by atoms with van der Waals surface area (Å²) >= 11 is 0. The molecule has 2 aromatic heterocycles. The van der Waals surface area contributed by atoms with E-state index in [4.69, 9.17) is 4.74 Å². The van der Waals surface area contributed by atoms with Crippen LogP contribution in [0.25, 0.3) is 5.65 Å². The van der Waals surface area contributed by atoms with Crippen LogP contribution in [0.15, 0.2) is 53.5 Å². The predicted molar refractivity (Wildman–Crippen MR) is 112 cm³/mol. The molecule has 1 aromatic carbocycles. The number of pyridine rings is 1. The van der Waals surface area contributed by atoms with E-state index in [0.717, 1.165) is 24.2 Å². The molecule has 1 unspecified atom stereocenters. The Bertz CT molecular complexity index is 1060. The summed E-state index contributed by atoms with van der Waals surface area (Å²) in [7, 11) is 0. The van der Waals surface area contributed by atoms with E-state index < -0.39 is 16.2 Å². The van der Waals surface area contributed by atoms with E-state index in [1.54, 1.807) is 18.2 Å². The van der Waals surface area contributed by atoms with Gasteiger partial charge in [-0.05, 0) is 63.4 Å². The average Bonchev–Trinajstić information content (AvgIpc) is 2.67. The fourth-order valence-electron chi connectivity index (χ4n) is 3.04. The molecule has 0 aliphatic carbocycles. The molecular weight excluding hydrogens is 372 g/mol. The van der Waals surface area contributed by atoms with Crippen LogP contribution < -0.4 is 15.6 Å². The number of nitrogens with one attached hydrogen (secondary N) is 1. The zero-order valence-corrected chi connectivity index (χ0v) is 16.7. The Hall–Kier alpha value is -3.42. The summed E-state index contributed by atoms with van der Waals surface area (Å²) in [6, 6.07) is 12.8. The van der Waals surface area contributed by atoms with Crippen LogP contribution in [0.2, 0.25) is 0 Å². The van der Waals surface area contributed by atoms with Gasteiger partial charge in [-0.25, -0.2) is 4.98 Å². The maximum atomic E-state index is 12.5. The Morgan fingerprint density at radius 1 is 1.17 bits per heavy atom. The van der Waals surface area contributed by atoms with Crippen molar-refractivity contribution in [3.05, 3.63) is 74.7 Å². The number of nitrogens with zero attached hydrogens (tertiary/aromatic N) is 3. The molecule has 152 valence electrons. The molecule has 29 heavy (non-hydrogen) atoms. The molecule has 0 spiro atoms. The Morgan fingerprint density at radius 2 is 1.90 bits per heavy atom. The van der Waals surface area contributed by atoms with Crippen molar-refractivity contribution in [1.29, 1.82) is 0 Å². The molecule has 0 fully saturated rings. The molecule has 0 bridgehead atoms. The predicted octanol–water partition coefficient (Wildman–Crippen LogP) is 3.82. The molecule has 3 aromatic rings. The SMILES string of the molecule is CC(CCc1ccc(OC(C)C)cc1)Nc1nc2ccccn2c(=O)c1[N+](=O)[O-]. The summed E-state index contributed by atoms with van der Waals surface area (Å²) in [5.41, 5.74) is 0.251. The number of aryl methyl sites for hydroxylation is 1. The summed E-state index contributed by atoms with van der Waals surface area (Å²) in [4.78, 5) is 27.5. The quantitative estimate of drug-likeness (QED) is 0.459. The van der Waals surface area contributed by atoms with Gasteiger partial charge in [-0.1, -0.05) is 18.2 Å². The van der Waals surface area contributed by atoms with Gasteiger partial charge in [0, 0.05) is 12.2 Å². The van der Waals surface area contributed by atoms with Crippen LogP contribution in [0, 0.1) is 10.1 Å². The maximum absolute atomic E-state index is 12.5. The van der Waals surface area contributed by atoms with Gasteiger partial charge in [0.05, 0.1) is 11.0 Å². The molecule has 8 nitrogen and oxygen atoms in total. The molecule has 0 saturated carbocycles. The number of anilines is 1. The Balaban J connectivity index is 1.72. The first-order valence-electron chi connectivity index (χ1n) is 9.53. The summed E-state index contributed by atoms with van der Waals surface area (Å²) in [6.07, 6.45) is 3.09. The second-order valence-corrected chi connectivity index (χ2v) is 7.19. The van der Waals surface area contributed by atoms with Gasteiger partial charge in [0.25, 0.3) is 0 Å². The van der Waals surface area contributed by atoms with Crippen molar-refractivity contribution in [2.75, 3.05) is 5.32 Å². The van der Waals surface area contributed by atoms with E-state index in [2.05, 4.69) is 10.3 Å². The lowest BCUT2D eigenvalue weighted by atomic mass is 10.1. The Labute approximate surface area is 168 Å². The minimum absolute atomic E-state index is 0.000573. The molecule has 8 heteroatoms. The van der Waals surface area contributed by atoms with Gasteiger partial charge in [0.2, 0.25) is 5.82 Å². The number of benzene rings is 1. The highest BCUT2D eigenvalue weighted by atomic mass is 16.6. The highest BCUT2D eigenvalue weighted by molar-refractivity contribution is 5.60. The minimum Gasteiger partial charge on any atom is -0.491 e. The minimum atomic E-state index is -0.698. The zero-order valence-electron chi connectivity index (χ0n) is 16.7. The third kappa shape index (κ3) is 4.90. The summed E-state index contributed by atoms with van der Waals surface area (Å²) in [6.45, 7) is 5.87. The van der Waals surface area contributed by atoms with Crippen LogP contribution in [0.1, 0.15) is 32.8 Å². The van der Waals surface area contributed by atoms with Gasteiger partial charge in [0.1, 0.15) is 11.4 Å². The second-order valence-electron chi connectivity index (χ2n) is 7.19. The zero-order chi connectivity index (χ0) is 21.0. The highest BCUT2D eigenvalue weighted by Gasteiger charge is 2.24. The Kier molecular flexibility index (Phi) is 6.11. The summed E-state index contributed by atoms with van der Waals surface area (Å²) in [5, 5.41) is 14.5. The fraction of sp³-hybridized carbons (Fsp3) is 0.333. The van der Waals surface area contributed by atoms with E-state index in [0.29, 0.717) is 5.65 Å². The van der Waals surface area contributed by atoms with E-state index >= 15 is 0 Å². The van der Waals surface area contributed by atoms with Crippen molar-refractivity contribution < 1.29 is 9.66 Å². The van der Waals surface area contributed by atoms with Gasteiger partial charge >= 0.3 is 11.2 Å². The van der Waals surface area contributed by atoms with Crippen LogP contribution in [-0.2, 0) is 6.42 Å². The van der Waals surface area contributed by atoms with E-state index in [1.807, 2.05) is 45.0 Å². The van der Waals surface area contributed by atoms with Gasteiger partial charge in [0.15, 0.2) is 0 Å². The first-order chi connectivity index (χ1) is 13.8.